The molecule has 0 saturated heterocycles. The first-order chi connectivity index (χ1) is 8.45. The van der Waals surface area contributed by atoms with Crippen LogP contribution < -0.4 is 11.4 Å². The molecule has 1 aliphatic rings. The maximum Gasteiger partial charge on any atom is 0.350 e. The molecule has 1 aromatic heterocycles. The molecule has 0 saturated carbocycles. The van der Waals surface area contributed by atoms with Crippen molar-refractivity contribution in [2.24, 2.45) is 0 Å². The Kier molecular flexibility index (Phi) is 3.51. The first kappa shape index (κ1) is 13.2. The van der Waals surface area contributed by atoms with Crippen molar-refractivity contribution >= 4 is 21.7 Å². The molecular weight excluding hydrogens is 309 g/mol. The number of allylic oxidation sites excluding steroid dienone is 1. The average Bonchev–Trinajstić information content (AvgIpc) is 2.59. The van der Waals surface area contributed by atoms with Crippen molar-refractivity contribution in [1.82, 2.24) is 9.55 Å². The van der Waals surface area contributed by atoms with Crippen molar-refractivity contribution < 1.29 is 14.6 Å². The minimum atomic E-state index is -1.09. The van der Waals surface area contributed by atoms with Crippen molar-refractivity contribution in [3.8, 4) is 0 Å². The molecule has 0 unspecified atom stereocenters. The van der Waals surface area contributed by atoms with Crippen LogP contribution in [-0.4, -0.2) is 32.5 Å². The maximum absolute atomic E-state index is 13.9. The van der Waals surface area contributed by atoms with Gasteiger partial charge in [0, 0.05) is 18.2 Å². The van der Waals surface area contributed by atoms with Crippen molar-refractivity contribution in [1.29, 1.82) is 0 Å². The fraction of sp³-hybridized carbons (Fsp3) is 0.400. The van der Waals surface area contributed by atoms with Gasteiger partial charge in [0.2, 0.25) is 0 Å². The van der Waals surface area contributed by atoms with Crippen LogP contribution in [0.5, 0.6) is 0 Å². The molecule has 4 N–H and O–H groups in total. The van der Waals surface area contributed by atoms with E-state index in [1.165, 1.54) is 6.20 Å². The third-order valence-corrected chi connectivity index (χ3v) is 3.50. The summed E-state index contributed by atoms with van der Waals surface area (Å²) in [6, 6.07) is -0.959. The van der Waals surface area contributed by atoms with Crippen LogP contribution in [0.4, 0.5) is 10.2 Å². The van der Waals surface area contributed by atoms with Gasteiger partial charge >= 0.3 is 5.69 Å². The van der Waals surface area contributed by atoms with Crippen molar-refractivity contribution in [3.05, 3.63) is 32.6 Å². The van der Waals surface area contributed by atoms with E-state index in [4.69, 9.17) is 10.8 Å². The summed E-state index contributed by atoms with van der Waals surface area (Å²) in [6.45, 7) is -0.582. The lowest BCUT2D eigenvalue weighted by Crippen LogP contribution is -2.27. The molecule has 0 amide bonds. The van der Waals surface area contributed by atoms with Crippen LogP contribution >= 0.6 is 15.9 Å². The van der Waals surface area contributed by atoms with Gasteiger partial charge in [-0.1, -0.05) is 0 Å². The quantitative estimate of drug-likeness (QED) is 0.718. The fourth-order valence-electron chi connectivity index (χ4n) is 1.93. The summed E-state index contributed by atoms with van der Waals surface area (Å²) in [5, 5.41) is 18.5. The Morgan fingerprint density at radius 3 is 2.89 bits per heavy atom. The molecule has 0 spiro atoms. The van der Waals surface area contributed by atoms with E-state index in [2.05, 4.69) is 20.9 Å². The molecule has 1 heterocycles. The molecular formula is C10H11BrFN3O3. The molecule has 1 aliphatic carbocycles. The van der Waals surface area contributed by atoms with Crippen LogP contribution in [0.25, 0.3) is 0 Å². The number of hydrogen-bond donors (Lipinski definition) is 3. The summed E-state index contributed by atoms with van der Waals surface area (Å²) >= 11 is 3.10. The van der Waals surface area contributed by atoms with Gasteiger partial charge in [0.05, 0.1) is 23.2 Å². The van der Waals surface area contributed by atoms with Gasteiger partial charge in [0.1, 0.15) is 11.6 Å². The Labute approximate surface area is 110 Å². The minimum Gasteiger partial charge on any atom is -0.392 e. The number of anilines is 1. The highest BCUT2D eigenvalue weighted by atomic mass is 79.9. The Hall–Kier alpha value is -1.25. The summed E-state index contributed by atoms with van der Waals surface area (Å²) in [5.74, 6) is -0.688. The normalized spacial score (nSPS) is 23.8. The number of nitrogen functional groups attached to an aromatic ring is 1. The Balaban J connectivity index is 2.49. The fourth-order valence-corrected chi connectivity index (χ4v) is 2.24. The second-order valence-electron chi connectivity index (χ2n) is 3.96. The zero-order chi connectivity index (χ0) is 13.4. The van der Waals surface area contributed by atoms with Gasteiger partial charge < -0.3 is 15.9 Å². The molecule has 1 aromatic rings. The summed E-state index contributed by atoms with van der Waals surface area (Å²) in [6.07, 6.45) is 0.213. The molecule has 2 atom stereocenters. The average molecular weight is 320 g/mol. The summed E-state index contributed by atoms with van der Waals surface area (Å²) < 4.78 is 15.3. The predicted molar refractivity (Wildman–Crippen MR) is 65.5 cm³/mol. The van der Waals surface area contributed by atoms with E-state index in [9.17, 15) is 14.3 Å². The molecule has 98 valence electrons. The third-order valence-electron chi connectivity index (χ3n) is 2.89. The standard InChI is InChI=1S/C10H11BrFN3O3/c11-5-2-15(10(18)14-9(5)13)6-1-7(17)4(3-16)8(6)12/h2,6-7,16-17H,1,3H2,(H2,13,14,18)/t6-,7-/m0/s1. The number of nitrogens with two attached hydrogens (primary N) is 1. The molecule has 2 rings (SSSR count). The minimum absolute atomic E-state index is 0.0142. The van der Waals surface area contributed by atoms with Crippen LogP contribution in [0.2, 0.25) is 0 Å². The highest BCUT2D eigenvalue weighted by Gasteiger charge is 2.34. The number of halogens is 2. The van der Waals surface area contributed by atoms with Crippen molar-refractivity contribution in [3.63, 3.8) is 0 Å². The molecule has 0 bridgehead atoms. The van der Waals surface area contributed by atoms with E-state index in [0.717, 1.165) is 4.57 Å². The van der Waals surface area contributed by atoms with Crippen LogP contribution in [0.3, 0.4) is 0 Å². The highest BCUT2D eigenvalue weighted by molar-refractivity contribution is 9.10. The van der Waals surface area contributed by atoms with Gasteiger partial charge in [-0.25, -0.2) is 9.18 Å². The Bertz CT molecular complexity index is 572. The van der Waals surface area contributed by atoms with E-state index >= 15 is 0 Å². The lowest BCUT2D eigenvalue weighted by Gasteiger charge is -2.14. The topological polar surface area (TPSA) is 101 Å². The smallest absolute Gasteiger partial charge is 0.350 e. The highest BCUT2D eigenvalue weighted by Crippen LogP contribution is 2.36. The van der Waals surface area contributed by atoms with Gasteiger partial charge in [-0.2, -0.15) is 4.98 Å². The predicted octanol–water partition coefficient (Wildman–Crippen LogP) is 0.110. The first-order valence-electron chi connectivity index (χ1n) is 5.17. The summed E-state index contributed by atoms with van der Waals surface area (Å²) in [5.41, 5.74) is 4.63. The molecule has 18 heavy (non-hydrogen) atoms. The number of aliphatic hydroxyl groups excluding tert-OH is 2. The molecule has 8 heteroatoms. The van der Waals surface area contributed by atoms with E-state index in [-0.39, 0.29) is 17.8 Å². The zero-order valence-electron chi connectivity index (χ0n) is 9.18. The number of aromatic nitrogens is 2. The van der Waals surface area contributed by atoms with Crippen LogP contribution in [0.15, 0.2) is 26.9 Å². The first-order valence-corrected chi connectivity index (χ1v) is 5.96. The summed E-state index contributed by atoms with van der Waals surface area (Å²) in [4.78, 5) is 15.2. The summed E-state index contributed by atoms with van der Waals surface area (Å²) in [7, 11) is 0. The second-order valence-corrected chi connectivity index (χ2v) is 4.82. The second kappa shape index (κ2) is 4.79. The number of rotatable bonds is 2. The number of aliphatic hydroxyl groups is 2. The van der Waals surface area contributed by atoms with E-state index < -0.39 is 30.3 Å². The third kappa shape index (κ3) is 2.06. The van der Waals surface area contributed by atoms with E-state index in [0.29, 0.717) is 4.47 Å². The Morgan fingerprint density at radius 2 is 2.33 bits per heavy atom. The lowest BCUT2D eigenvalue weighted by atomic mass is 10.2. The molecule has 0 fully saturated rings. The van der Waals surface area contributed by atoms with E-state index in [1.807, 2.05) is 0 Å². The number of hydrogen-bond acceptors (Lipinski definition) is 5. The van der Waals surface area contributed by atoms with Gasteiger partial charge in [0.15, 0.2) is 0 Å². The van der Waals surface area contributed by atoms with Gasteiger partial charge in [-0.15, -0.1) is 0 Å². The van der Waals surface area contributed by atoms with Gasteiger partial charge in [-0.3, -0.25) is 4.57 Å². The zero-order valence-corrected chi connectivity index (χ0v) is 10.8. The molecule has 0 aromatic carbocycles. The lowest BCUT2D eigenvalue weighted by molar-refractivity contribution is 0.181. The van der Waals surface area contributed by atoms with Crippen LogP contribution in [0, 0.1) is 0 Å². The van der Waals surface area contributed by atoms with Crippen molar-refractivity contribution in [2.75, 3.05) is 12.3 Å². The molecule has 6 nitrogen and oxygen atoms in total. The number of nitrogens with zero attached hydrogens (tertiary/aromatic N) is 2. The molecule has 0 aliphatic heterocycles. The monoisotopic (exact) mass is 319 g/mol. The SMILES string of the molecule is Nc1nc(=O)n([C@H]2C[C@H](O)C(CO)=C2F)cc1Br. The maximum atomic E-state index is 13.9. The van der Waals surface area contributed by atoms with Crippen LogP contribution in [0.1, 0.15) is 12.5 Å². The van der Waals surface area contributed by atoms with Gasteiger partial charge in [0.25, 0.3) is 0 Å². The Morgan fingerprint density at radius 1 is 1.67 bits per heavy atom. The van der Waals surface area contributed by atoms with Gasteiger partial charge in [-0.05, 0) is 15.9 Å². The van der Waals surface area contributed by atoms with Crippen LogP contribution in [-0.2, 0) is 0 Å². The largest absolute Gasteiger partial charge is 0.392 e. The molecule has 0 radical (unpaired) electrons. The van der Waals surface area contributed by atoms with E-state index in [1.54, 1.807) is 0 Å². The van der Waals surface area contributed by atoms with Crippen molar-refractivity contribution in [2.45, 2.75) is 18.6 Å².